The summed E-state index contributed by atoms with van der Waals surface area (Å²) in [5, 5.41) is 21.5. The summed E-state index contributed by atoms with van der Waals surface area (Å²) in [5.74, 6) is 1.71. The minimum atomic E-state index is -1.38. The van der Waals surface area contributed by atoms with Gasteiger partial charge in [0.25, 0.3) is 0 Å². The van der Waals surface area contributed by atoms with Crippen LogP contribution < -0.4 is 5.32 Å². The number of carbonyl (C=O) groups excluding carboxylic acids is 1. The molecule has 118 valence electrons. The standard InChI is InChI=1S/C16H25NO4/c1-16(21,7-13(18)19)8-17-15(20)14-11-3-9-2-10(5-11)6-12(14)4-9/h9-12,14,21H,2-8H2,1H3,(H,17,20)(H,18,19). The summed E-state index contributed by atoms with van der Waals surface area (Å²) in [7, 11) is 0. The van der Waals surface area contributed by atoms with Gasteiger partial charge in [-0.15, -0.1) is 0 Å². The van der Waals surface area contributed by atoms with Gasteiger partial charge >= 0.3 is 5.97 Å². The van der Waals surface area contributed by atoms with Crippen molar-refractivity contribution in [3.8, 4) is 0 Å². The number of carboxylic acids is 1. The Balaban J connectivity index is 1.57. The zero-order chi connectivity index (χ0) is 15.2. The van der Waals surface area contributed by atoms with E-state index >= 15 is 0 Å². The number of hydrogen-bond acceptors (Lipinski definition) is 3. The van der Waals surface area contributed by atoms with Crippen LogP contribution in [0.1, 0.15) is 45.4 Å². The van der Waals surface area contributed by atoms with Crippen molar-refractivity contribution in [3.63, 3.8) is 0 Å². The number of carbonyl (C=O) groups is 2. The number of hydrogen-bond donors (Lipinski definition) is 3. The van der Waals surface area contributed by atoms with E-state index in [4.69, 9.17) is 5.11 Å². The predicted molar refractivity (Wildman–Crippen MR) is 76.4 cm³/mol. The van der Waals surface area contributed by atoms with Crippen molar-refractivity contribution in [2.45, 2.75) is 51.0 Å². The van der Waals surface area contributed by atoms with Gasteiger partial charge in [-0.3, -0.25) is 9.59 Å². The molecule has 4 aliphatic rings. The molecule has 4 bridgehead atoms. The number of aliphatic hydroxyl groups is 1. The van der Waals surface area contributed by atoms with Crippen LogP contribution in [-0.2, 0) is 9.59 Å². The zero-order valence-corrected chi connectivity index (χ0v) is 12.5. The van der Waals surface area contributed by atoms with Crippen molar-refractivity contribution in [2.75, 3.05) is 6.54 Å². The molecule has 4 rings (SSSR count). The molecule has 1 unspecified atom stereocenters. The molecule has 4 fully saturated rings. The molecule has 4 aliphatic carbocycles. The largest absolute Gasteiger partial charge is 0.481 e. The van der Waals surface area contributed by atoms with E-state index in [0.717, 1.165) is 11.8 Å². The van der Waals surface area contributed by atoms with Gasteiger partial charge in [0.2, 0.25) is 5.91 Å². The van der Waals surface area contributed by atoms with Crippen molar-refractivity contribution in [2.24, 2.45) is 29.6 Å². The maximum absolute atomic E-state index is 12.5. The molecule has 1 amide bonds. The van der Waals surface area contributed by atoms with Gasteiger partial charge in [0, 0.05) is 12.5 Å². The average Bonchev–Trinajstić information content (AvgIpc) is 2.33. The van der Waals surface area contributed by atoms with E-state index in [2.05, 4.69) is 5.32 Å². The van der Waals surface area contributed by atoms with Crippen LogP contribution in [0.4, 0.5) is 0 Å². The lowest BCUT2D eigenvalue weighted by Crippen LogP contribution is -2.53. The number of aliphatic carboxylic acids is 1. The van der Waals surface area contributed by atoms with Crippen LogP contribution in [0.15, 0.2) is 0 Å². The highest BCUT2D eigenvalue weighted by atomic mass is 16.4. The van der Waals surface area contributed by atoms with Crippen LogP contribution in [0.25, 0.3) is 0 Å². The Bertz CT molecular complexity index is 418. The van der Waals surface area contributed by atoms with Crippen molar-refractivity contribution < 1.29 is 19.8 Å². The van der Waals surface area contributed by atoms with Crippen LogP contribution >= 0.6 is 0 Å². The van der Waals surface area contributed by atoms with Gasteiger partial charge in [-0.25, -0.2) is 0 Å². The van der Waals surface area contributed by atoms with E-state index in [1.54, 1.807) is 0 Å². The Hall–Kier alpha value is -1.10. The molecule has 0 saturated heterocycles. The second-order valence-corrected chi connectivity index (χ2v) is 7.74. The summed E-state index contributed by atoms with van der Waals surface area (Å²) in [5.41, 5.74) is -1.38. The fraction of sp³-hybridized carbons (Fsp3) is 0.875. The second kappa shape index (κ2) is 5.27. The first kappa shape index (κ1) is 14.8. The van der Waals surface area contributed by atoms with Crippen LogP contribution in [0, 0.1) is 29.6 Å². The fourth-order valence-electron chi connectivity index (χ4n) is 5.14. The van der Waals surface area contributed by atoms with Gasteiger partial charge in [-0.05, 0) is 62.7 Å². The summed E-state index contributed by atoms with van der Waals surface area (Å²) < 4.78 is 0. The minimum Gasteiger partial charge on any atom is -0.481 e. The summed E-state index contributed by atoms with van der Waals surface area (Å²) in [6, 6.07) is 0. The monoisotopic (exact) mass is 295 g/mol. The molecule has 0 aromatic heterocycles. The molecule has 0 radical (unpaired) electrons. The van der Waals surface area contributed by atoms with Crippen LogP contribution in [0.2, 0.25) is 0 Å². The fourth-order valence-corrected chi connectivity index (χ4v) is 5.14. The third-order valence-electron chi connectivity index (χ3n) is 5.70. The lowest BCUT2D eigenvalue weighted by molar-refractivity contribution is -0.144. The summed E-state index contributed by atoms with van der Waals surface area (Å²) in [6.07, 6.45) is 5.71. The number of rotatable bonds is 5. The van der Waals surface area contributed by atoms with Gasteiger partial charge in [-0.1, -0.05) is 0 Å². The highest BCUT2D eigenvalue weighted by Crippen LogP contribution is 2.56. The molecule has 21 heavy (non-hydrogen) atoms. The minimum absolute atomic E-state index is 0.0148. The molecule has 0 heterocycles. The lowest BCUT2D eigenvalue weighted by Gasteiger charge is -2.53. The van der Waals surface area contributed by atoms with Crippen LogP contribution in [0.3, 0.4) is 0 Å². The van der Waals surface area contributed by atoms with E-state index in [-0.39, 0.29) is 24.8 Å². The zero-order valence-electron chi connectivity index (χ0n) is 12.5. The quantitative estimate of drug-likeness (QED) is 0.715. The van der Waals surface area contributed by atoms with Gasteiger partial charge in [-0.2, -0.15) is 0 Å². The SMILES string of the molecule is CC(O)(CNC(=O)C1C2CC3CC(C2)CC1C3)CC(=O)O. The first-order valence-electron chi connectivity index (χ1n) is 8.06. The van der Waals surface area contributed by atoms with Crippen LogP contribution in [-0.4, -0.2) is 34.2 Å². The third kappa shape index (κ3) is 3.07. The van der Waals surface area contributed by atoms with Crippen molar-refractivity contribution in [1.29, 1.82) is 0 Å². The van der Waals surface area contributed by atoms with Gasteiger partial charge in [0.05, 0.1) is 12.0 Å². The first-order chi connectivity index (χ1) is 9.84. The molecular formula is C16H25NO4. The predicted octanol–water partition coefficient (Wildman–Crippen LogP) is 1.40. The van der Waals surface area contributed by atoms with Gasteiger partial charge in [0.1, 0.15) is 0 Å². The Morgan fingerprint density at radius 1 is 1.10 bits per heavy atom. The molecule has 5 nitrogen and oxygen atoms in total. The Labute approximate surface area is 125 Å². The average molecular weight is 295 g/mol. The molecule has 0 aromatic rings. The van der Waals surface area contributed by atoms with E-state index in [1.165, 1.54) is 39.0 Å². The molecule has 0 aliphatic heterocycles. The Morgan fingerprint density at radius 2 is 1.62 bits per heavy atom. The maximum atomic E-state index is 12.5. The lowest BCUT2D eigenvalue weighted by atomic mass is 9.51. The van der Waals surface area contributed by atoms with E-state index in [0.29, 0.717) is 11.8 Å². The second-order valence-electron chi connectivity index (χ2n) is 7.74. The van der Waals surface area contributed by atoms with Crippen molar-refractivity contribution >= 4 is 11.9 Å². The summed E-state index contributed by atoms with van der Waals surface area (Å²) in [4.78, 5) is 23.2. The Kier molecular flexibility index (Phi) is 3.72. The van der Waals surface area contributed by atoms with E-state index < -0.39 is 11.6 Å². The molecule has 0 spiro atoms. The highest BCUT2D eigenvalue weighted by molar-refractivity contribution is 5.80. The molecule has 0 aromatic carbocycles. The normalized spacial score (nSPS) is 39.8. The molecule has 4 saturated carbocycles. The molecule has 5 heteroatoms. The topological polar surface area (TPSA) is 86.6 Å². The van der Waals surface area contributed by atoms with Gasteiger partial charge < -0.3 is 15.5 Å². The molecule has 1 atom stereocenters. The van der Waals surface area contributed by atoms with Gasteiger partial charge in [0.15, 0.2) is 0 Å². The molecular weight excluding hydrogens is 270 g/mol. The highest BCUT2D eigenvalue weighted by Gasteiger charge is 2.50. The first-order valence-corrected chi connectivity index (χ1v) is 8.06. The third-order valence-corrected chi connectivity index (χ3v) is 5.70. The smallest absolute Gasteiger partial charge is 0.306 e. The number of nitrogens with one attached hydrogen (secondary N) is 1. The van der Waals surface area contributed by atoms with E-state index in [1.807, 2.05) is 0 Å². The number of amides is 1. The number of carboxylic acid groups (broad SMARTS) is 1. The van der Waals surface area contributed by atoms with Crippen molar-refractivity contribution in [1.82, 2.24) is 5.32 Å². The molecule has 3 N–H and O–H groups in total. The van der Waals surface area contributed by atoms with Crippen LogP contribution in [0.5, 0.6) is 0 Å². The van der Waals surface area contributed by atoms with Crippen molar-refractivity contribution in [3.05, 3.63) is 0 Å². The summed E-state index contributed by atoms with van der Waals surface area (Å²) >= 11 is 0. The summed E-state index contributed by atoms with van der Waals surface area (Å²) in [6.45, 7) is 1.47. The van der Waals surface area contributed by atoms with E-state index in [9.17, 15) is 14.7 Å². The maximum Gasteiger partial charge on any atom is 0.306 e. The Morgan fingerprint density at radius 3 is 2.10 bits per heavy atom.